The third-order valence-corrected chi connectivity index (χ3v) is 9.17. The van der Waals surface area contributed by atoms with Gasteiger partial charge in [-0.05, 0) is 67.8 Å². The number of amides is 2. The Hall–Kier alpha value is -3.87. The van der Waals surface area contributed by atoms with E-state index in [4.69, 9.17) is 27.9 Å². The fraction of sp³-hybridized carbons (Fsp3) is 0.333. The van der Waals surface area contributed by atoms with Crippen molar-refractivity contribution >= 4 is 56.4 Å². The SMILES string of the molecule is COc1ccc(N(CC(=O)N(Cc2ccc(Cl)cc2Cl)[C@@H](C)C(=O)NCC(C)C)S(=O)(=O)c2ccc(C)c([N+](=O)[O-])c2)cc1. The summed E-state index contributed by atoms with van der Waals surface area (Å²) in [5, 5.41) is 15.0. The van der Waals surface area contributed by atoms with Gasteiger partial charge in [0.15, 0.2) is 0 Å². The number of nitro benzene ring substituents is 1. The molecule has 0 saturated heterocycles. The average molecular weight is 666 g/mol. The Kier molecular flexibility index (Phi) is 11.6. The number of aryl methyl sites for hydroxylation is 1. The normalized spacial score (nSPS) is 12.0. The molecule has 0 bridgehead atoms. The molecule has 0 aliphatic carbocycles. The number of hydrogen-bond acceptors (Lipinski definition) is 7. The number of sulfonamides is 1. The minimum absolute atomic E-state index is 0.101. The van der Waals surface area contributed by atoms with Gasteiger partial charge in [0.05, 0.1) is 22.6 Å². The molecule has 0 spiro atoms. The van der Waals surface area contributed by atoms with Crippen molar-refractivity contribution in [1.82, 2.24) is 10.2 Å². The summed E-state index contributed by atoms with van der Waals surface area (Å²) in [6, 6.07) is 13.2. The van der Waals surface area contributed by atoms with Gasteiger partial charge in [0.1, 0.15) is 18.3 Å². The maximum absolute atomic E-state index is 14.1. The van der Waals surface area contributed by atoms with Crippen LogP contribution < -0.4 is 14.4 Å². The third-order valence-electron chi connectivity index (χ3n) is 6.81. The maximum atomic E-state index is 14.1. The number of ether oxygens (including phenoxy) is 1. The number of nitrogens with one attached hydrogen (secondary N) is 1. The molecule has 0 unspecified atom stereocenters. The Morgan fingerprint density at radius 2 is 1.68 bits per heavy atom. The van der Waals surface area contributed by atoms with Crippen molar-refractivity contribution < 1.29 is 27.7 Å². The van der Waals surface area contributed by atoms with Crippen molar-refractivity contribution in [3.8, 4) is 5.75 Å². The van der Waals surface area contributed by atoms with Crippen LogP contribution in [-0.4, -0.2) is 56.3 Å². The molecule has 3 aromatic carbocycles. The summed E-state index contributed by atoms with van der Waals surface area (Å²) in [5.74, 6) is -0.567. The number of methoxy groups -OCH3 is 1. The maximum Gasteiger partial charge on any atom is 0.273 e. The number of halogens is 2. The Balaban J connectivity index is 2.10. The van der Waals surface area contributed by atoms with Crippen LogP contribution in [0.1, 0.15) is 31.9 Å². The molecule has 11 nitrogen and oxygen atoms in total. The van der Waals surface area contributed by atoms with Crippen molar-refractivity contribution in [1.29, 1.82) is 0 Å². The van der Waals surface area contributed by atoms with Gasteiger partial charge in [0.25, 0.3) is 15.7 Å². The second-order valence-corrected chi connectivity index (χ2v) is 13.2. The number of anilines is 1. The monoisotopic (exact) mass is 664 g/mol. The summed E-state index contributed by atoms with van der Waals surface area (Å²) in [6.45, 7) is 6.38. The average Bonchev–Trinajstić information content (AvgIpc) is 2.97. The van der Waals surface area contributed by atoms with Gasteiger partial charge in [-0.1, -0.05) is 49.2 Å². The Bertz CT molecular complexity index is 1630. The highest BCUT2D eigenvalue weighted by molar-refractivity contribution is 7.92. The van der Waals surface area contributed by atoms with E-state index >= 15 is 0 Å². The number of rotatable bonds is 13. The van der Waals surface area contributed by atoms with E-state index < -0.39 is 39.3 Å². The predicted octanol–water partition coefficient (Wildman–Crippen LogP) is 5.60. The van der Waals surface area contributed by atoms with Crippen molar-refractivity contribution in [3.05, 3.63) is 92.0 Å². The lowest BCUT2D eigenvalue weighted by atomic mass is 10.1. The Morgan fingerprint density at radius 3 is 2.25 bits per heavy atom. The molecule has 1 atom stereocenters. The van der Waals surface area contributed by atoms with Gasteiger partial charge >= 0.3 is 0 Å². The van der Waals surface area contributed by atoms with E-state index in [2.05, 4.69) is 5.32 Å². The highest BCUT2D eigenvalue weighted by Gasteiger charge is 2.33. The van der Waals surface area contributed by atoms with Gasteiger partial charge in [-0.15, -0.1) is 0 Å². The molecule has 44 heavy (non-hydrogen) atoms. The van der Waals surface area contributed by atoms with Crippen LogP contribution >= 0.6 is 23.2 Å². The van der Waals surface area contributed by atoms with E-state index in [9.17, 15) is 28.1 Å². The number of carbonyl (C=O) groups excluding carboxylic acids is 2. The van der Waals surface area contributed by atoms with Crippen molar-refractivity contribution in [2.45, 2.75) is 45.2 Å². The standard InChI is InChI=1S/C30H34Cl2N4O7S/c1-19(2)16-33-30(38)21(4)34(17-22-7-8-23(31)14-27(22)32)29(37)18-35(24-9-11-25(43-5)12-10-24)44(41,42)26-13-6-20(3)28(15-26)36(39)40/h6-15,19,21H,16-18H2,1-5H3,(H,33,38)/t21-/m0/s1. The van der Waals surface area contributed by atoms with Crippen LogP contribution in [0.2, 0.25) is 10.0 Å². The minimum atomic E-state index is -4.53. The van der Waals surface area contributed by atoms with Crippen LogP contribution in [0, 0.1) is 23.0 Å². The Morgan fingerprint density at radius 1 is 1.02 bits per heavy atom. The van der Waals surface area contributed by atoms with Crippen LogP contribution in [0.5, 0.6) is 5.75 Å². The van der Waals surface area contributed by atoms with E-state index in [-0.39, 0.29) is 39.3 Å². The van der Waals surface area contributed by atoms with Gasteiger partial charge in [0, 0.05) is 34.8 Å². The highest BCUT2D eigenvalue weighted by atomic mass is 35.5. The Labute approximate surface area is 266 Å². The number of benzene rings is 3. The lowest BCUT2D eigenvalue weighted by Crippen LogP contribution is -2.51. The third kappa shape index (κ3) is 8.40. The first-order valence-corrected chi connectivity index (χ1v) is 15.8. The zero-order chi connectivity index (χ0) is 32.8. The molecule has 0 radical (unpaired) electrons. The number of nitrogens with zero attached hydrogens (tertiary/aromatic N) is 3. The van der Waals surface area contributed by atoms with Gasteiger partial charge in [-0.2, -0.15) is 0 Å². The van der Waals surface area contributed by atoms with Gasteiger partial charge in [-0.25, -0.2) is 8.42 Å². The molecule has 1 N–H and O–H groups in total. The summed E-state index contributed by atoms with van der Waals surface area (Å²) in [5.41, 5.74) is 0.472. The lowest BCUT2D eigenvalue weighted by molar-refractivity contribution is -0.385. The zero-order valence-electron chi connectivity index (χ0n) is 24.9. The zero-order valence-corrected chi connectivity index (χ0v) is 27.2. The largest absolute Gasteiger partial charge is 0.497 e. The van der Waals surface area contributed by atoms with Crippen LogP contribution in [0.4, 0.5) is 11.4 Å². The first-order valence-electron chi connectivity index (χ1n) is 13.6. The van der Waals surface area contributed by atoms with Gasteiger partial charge in [-0.3, -0.25) is 24.0 Å². The summed E-state index contributed by atoms with van der Waals surface area (Å²) in [6.07, 6.45) is 0. The first-order chi connectivity index (χ1) is 20.6. The molecule has 3 rings (SSSR count). The predicted molar refractivity (Wildman–Crippen MR) is 170 cm³/mol. The molecule has 3 aromatic rings. The van der Waals surface area contributed by atoms with Crippen LogP contribution in [0.25, 0.3) is 0 Å². The number of hydrogen-bond donors (Lipinski definition) is 1. The lowest BCUT2D eigenvalue weighted by Gasteiger charge is -2.32. The summed E-state index contributed by atoms with van der Waals surface area (Å²) >= 11 is 12.5. The second-order valence-electron chi connectivity index (χ2n) is 10.5. The van der Waals surface area contributed by atoms with Gasteiger partial charge in [0.2, 0.25) is 11.8 Å². The first kappa shape index (κ1) is 34.6. The molecule has 0 heterocycles. The summed E-state index contributed by atoms with van der Waals surface area (Å²) in [7, 11) is -3.08. The molecule has 2 amide bonds. The molecular formula is C30H34Cl2N4O7S. The van der Waals surface area contributed by atoms with E-state index in [1.54, 1.807) is 12.1 Å². The van der Waals surface area contributed by atoms with E-state index in [0.717, 1.165) is 10.4 Å². The quantitative estimate of drug-likeness (QED) is 0.185. The number of carbonyl (C=O) groups is 2. The molecule has 0 aliphatic rings. The van der Waals surface area contributed by atoms with Crippen molar-refractivity contribution in [2.75, 3.05) is 24.5 Å². The smallest absolute Gasteiger partial charge is 0.273 e. The summed E-state index contributed by atoms with van der Waals surface area (Å²) < 4.78 is 34.1. The van der Waals surface area contributed by atoms with E-state index in [0.29, 0.717) is 22.9 Å². The molecule has 0 aromatic heterocycles. The molecule has 0 aliphatic heterocycles. The molecule has 236 valence electrons. The molecular weight excluding hydrogens is 631 g/mol. The fourth-order valence-corrected chi connectivity index (χ4v) is 6.12. The number of nitro groups is 1. The summed E-state index contributed by atoms with van der Waals surface area (Å²) in [4.78, 5) is 39.0. The molecule has 0 saturated carbocycles. The van der Waals surface area contributed by atoms with Crippen molar-refractivity contribution in [3.63, 3.8) is 0 Å². The second kappa shape index (κ2) is 14.7. The van der Waals surface area contributed by atoms with Crippen LogP contribution in [0.3, 0.4) is 0 Å². The highest BCUT2D eigenvalue weighted by Crippen LogP contribution is 2.30. The van der Waals surface area contributed by atoms with Crippen LogP contribution in [0.15, 0.2) is 65.6 Å². The van der Waals surface area contributed by atoms with Crippen molar-refractivity contribution in [2.24, 2.45) is 5.92 Å². The van der Waals surface area contributed by atoms with Gasteiger partial charge < -0.3 is 15.0 Å². The topological polar surface area (TPSA) is 139 Å². The molecule has 14 heteroatoms. The minimum Gasteiger partial charge on any atom is -0.497 e. The molecule has 0 fully saturated rings. The fourth-order valence-electron chi connectivity index (χ4n) is 4.22. The van der Waals surface area contributed by atoms with Crippen LogP contribution in [-0.2, 0) is 26.2 Å². The van der Waals surface area contributed by atoms with E-state index in [1.807, 2.05) is 13.8 Å². The van der Waals surface area contributed by atoms with E-state index in [1.165, 1.54) is 68.3 Å².